The highest BCUT2D eigenvalue weighted by Gasteiger charge is 2.59. The molecule has 8 atom stereocenters. The summed E-state index contributed by atoms with van der Waals surface area (Å²) in [4.78, 5) is 0. The molecule has 0 saturated heterocycles. The first-order valence-electron chi connectivity index (χ1n) is 14.2. The Balaban J connectivity index is 1.48. The summed E-state index contributed by atoms with van der Waals surface area (Å²) < 4.78 is 11.2. The molecule has 0 aromatic heterocycles. The van der Waals surface area contributed by atoms with Crippen LogP contribution in [-0.4, -0.2) is 20.0 Å². The van der Waals surface area contributed by atoms with Crippen LogP contribution in [0.3, 0.4) is 0 Å². The van der Waals surface area contributed by atoms with Gasteiger partial charge in [-0.3, -0.25) is 0 Å². The second-order valence-corrected chi connectivity index (χ2v) is 12.8. The SMILES string of the molecule is CC[C@]12CC[C@H](OCOC)CC1=CC[C@@H]1[C@@H]2CC[C@]2(C)[C@@H]([C@H](C)CCCC(C)C)CC[C@@H]12. The molecule has 0 bridgehead atoms. The van der Waals surface area contributed by atoms with Crippen LogP contribution < -0.4 is 0 Å². The van der Waals surface area contributed by atoms with Crippen molar-refractivity contribution in [1.29, 1.82) is 0 Å². The summed E-state index contributed by atoms with van der Waals surface area (Å²) in [6, 6.07) is 0. The van der Waals surface area contributed by atoms with Gasteiger partial charge < -0.3 is 9.47 Å². The highest BCUT2D eigenvalue weighted by Crippen LogP contribution is 2.68. The van der Waals surface area contributed by atoms with Crippen molar-refractivity contribution >= 4 is 0 Å². The van der Waals surface area contributed by atoms with Crippen molar-refractivity contribution in [3.63, 3.8) is 0 Å². The molecule has 0 heterocycles. The number of hydrogen-bond donors (Lipinski definition) is 0. The van der Waals surface area contributed by atoms with Crippen molar-refractivity contribution in [3.05, 3.63) is 11.6 Å². The Hall–Kier alpha value is -0.340. The Labute approximate surface area is 199 Å². The normalized spacial score (nSPS) is 42.2. The maximum absolute atomic E-state index is 6.02. The largest absolute Gasteiger partial charge is 0.359 e. The van der Waals surface area contributed by atoms with Gasteiger partial charge in [-0.25, -0.2) is 0 Å². The fraction of sp³-hybridized carbons (Fsp3) is 0.933. The second kappa shape index (κ2) is 10.1. The van der Waals surface area contributed by atoms with E-state index in [9.17, 15) is 0 Å². The molecule has 0 aromatic rings. The van der Waals surface area contributed by atoms with Crippen molar-refractivity contribution in [3.8, 4) is 0 Å². The van der Waals surface area contributed by atoms with Crippen LogP contribution in [0.5, 0.6) is 0 Å². The van der Waals surface area contributed by atoms with Gasteiger partial charge in [-0.1, -0.05) is 65.5 Å². The fourth-order valence-corrected chi connectivity index (χ4v) is 9.42. The summed E-state index contributed by atoms with van der Waals surface area (Å²) >= 11 is 0. The molecule has 4 aliphatic carbocycles. The summed E-state index contributed by atoms with van der Waals surface area (Å²) in [6.45, 7) is 13.0. The van der Waals surface area contributed by atoms with Gasteiger partial charge in [-0.05, 0) is 104 Å². The smallest absolute Gasteiger partial charge is 0.146 e. The topological polar surface area (TPSA) is 18.5 Å². The number of methoxy groups -OCH3 is 1. The molecular weight excluding hydrogens is 392 g/mol. The molecule has 3 saturated carbocycles. The molecule has 2 heteroatoms. The average Bonchev–Trinajstić information content (AvgIpc) is 3.14. The summed E-state index contributed by atoms with van der Waals surface area (Å²) in [5.74, 6) is 5.53. The molecule has 0 aromatic carbocycles. The lowest BCUT2D eigenvalue weighted by atomic mass is 9.46. The van der Waals surface area contributed by atoms with Crippen LogP contribution in [0, 0.1) is 46.3 Å². The average molecular weight is 445 g/mol. The van der Waals surface area contributed by atoms with Gasteiger partial charge in [0.1, 0.15) is 6.79 Å². The van der Waals surface area contributed by atoms with Gasteiger partial charge >= 0.3 is 0 Å². The van der Waals surface area contributed by atoms with E-state index < -0.39 is 0 Å². The zero-order valence-electron chi connectivity index (χ0n) is 22.1. The van der Waals surface area contributed by atoms with E-state index in [1.165, 1.54) is 70.6 Å². The van der Waals surface area contributed by atoms with Crippen molar-refractivity contribution in [2.45, 2.75) is 118 Å². The van der Waals surface area contributed by atoms with Gasteiger partial charge in [-0.15, -0.1) is 0 Å². The van der Waals surface area contributed by atoms with Crippen molar-refractivity contribution in [2.75, 3.05) is 13.9 Å². The molecular formula is C30H52O2. The van der Waals surface area contributed by atoms with E-state index in [0.29, 0.717) is 23.7 Å². The van der Waals surface area contributed by atoms with Crippen LogP contribution >= 0.6 is 0 Å². The minimum Gasteiger partial charge on any atom is -0.359 e. The van der Waals surface area contributed by atoms with Crippen molar-refractivity contribution < 1.29 is 9.47 Å². The Morgan fingerprint density at radius 3 is 2.56 bits per heavy atom. The Kier molecular flexibility index (Phi) is 7.82. The van der Waals surface area contributed by atoms with Gasteiger partial charge in [0.2, 0.25) is 0 Å². The van der Waals surface area contributed by atoms with E-state index in [1.54, 1.807) is 12.7 Å². The number of fused-ring (bicyclic) bond motifs is 5. The van der Waals surface area contributed by atoms with Gasteiger partial charge in [0, 0.05) is 7.11 Å². The lowest BCUT2D eigenvalue weighted by molar-refractivity contribution is -0.102. The summed E-state index contributed by atoms with van der Waals surface area (Å²) in [5, 5.41) is 0. The van der Waals surface area contributed by atoms with Crippen LogP contribution in [0.15, 0.2) is 11.6 Å². The number of allylic oxidation sites excluding steroid dienone is 1. The summed E-state index contributed by atoms with van der Waals surface area (Å²) in [6.07, 6.45) is 19.7. The standard InChI is InChI=1S/C30H52O2/c1-7-30-18-15-24(32-20-31-6)19-23(30)11-12-25-27-14-13-26(22(4)10-8-9-21(2)3)29(27,5)17-16-28(25)30/h11,21-22,24-28H,7-10,12-20H2,1-6H3/t22-,24+,25+,26-,27+,28+,29-,30+/m1/s1. The van der Waals surface area contributed by atoms with E-state index in [4.69, 9.17) is 9.47 Å². The Morgan fingerprint density at radius 1 is 1.03 bits per heavy atom. The molecule has 0 amide bonds. The fourth-order valence-electron chi connectivity index (χ4n) is 9.42. The zero-order valence-corrected chi connectivity index (χ0v) is 22.1. The first-order valence-corrected chi connectivity index (χ1v) is 14.2. The molecule has 3 fully saturated rings. The van der Waals surface area contributed by atoms with Crippen molar-refractivity contribution in [1.82, 2.24) is 0 Å². The number of hydrogen-bond acceptors (Lipinski definition) is 2. The quantitative estimate of drug-likeness (QED) is 0.262. The third-order valence-corrected chi connectivity index (χ3v) is 11.0. The van der Waals surface area contributed by atoms with Crippen LogP contribution in [0.25, 0.3) is 0 Å². The molecule has 2 nitrogen and oxygen atoms in total. The number of rotatable bonds is 9. The first-order chi connectivity index (χ1) is 15.4. The van der Waals surface area contributed by atoms with Gasteiger partial charge in [0.25, 0.3) is 0 Å². The van der Waals surface area contributed by atoms with Crippen LogP contribution in [0.2, 0.25) is 0 Å². The molecule has 0 aliphatic heterocycles. The minimum absolute atomic E-state index is 0.369. The Bertz CT molecular complexity index is 653. The van der Waals surface area contributed by atoms with Crippen LogP contribution in [0.4, 0.5) is 0 Å². The molecule has 0 spiro atoms. The van der Waals surface area contributed by atoms with Crippen molar-refractivity contribution in [2.24, 2.45) is 46.3 Å². The van der Waals surface area contributed by atoms with Gasteiger partial charge in [0.05, 0.1) is 6.10 Å². The zero-order chi connectivity index (χ0) is 22.9. The molecule has 0 N–H and O–H groups in total. The lowest BCUT2D eigenvalue weighted by Crippen LogP contribution is -2.51. The van der Waals surface area contributed by atoms with E-state index in [1.807, 2.05) is 0 Å². The molecule has 0 radical (unpaired) electrons. The van der Waals surface area contributed by atoms with Gasteiger partial charge in [0.15, 0.2) is 0 Å². The van der Waals surface area contributed by atoms with Crippen LogP contribution in [-0.2, 0) is 9.47 Å². The maximum Gasteiger partial charge on any atom is 0.146 e. The van der Waals surface area contributed by atoms with E-state index >= 15 is 0 Å². The molecule has 32 heavy (non-hydrogen) atoms. The molecule has 4 rings (SSSR count). The predicted molar refractivity (Wildman–Crippen MR) is 134 cm³/mol. The molecule has 184 valence electrons. The van der Waals surface area contributed by atoms with Gasteiger partial charge in [-0.2, -0.15) is 0 Å². The third kappa shape index (κ3) is 4.37. The Morgan fingerprint density at radius 2 is 1.84 bits per heavy atom. The predicted octanol–water partition coefficient (Wildman–Crippen LogP) is 8.41. The molecule has 0 unspecified atom stereocenters. The highest BCUT2D eigenvalue weighted by molar-refractivity contribution is 5.26. The first kappa shape index (κ1) is 24.8. The van der Waals surface area contributed by atoms with E-state index in [-0.39, 0.29) is 0 Å². The summed E-state index contributed by atoms with van der Waals surface area (Å²) in [7, 11) is 1.74. The highest BCUT2D eigenvalue weighted by atomic mass is 16.7. The monoisotopic (exact) mass is 444 g/mol. The third-order valence-electron chi connectivity index (χ3n) is 11.0. The maximum atomic E-state index is 6.02. The summed E-state index contributed by atoms with van der Waals surface area (Å²) in [5.41, 5.74) is 2.82. The number of ether oxygens (including phenoxy) is 2. The second-order valence-electron chi connectivity index (χ2n) is 12.8. The van der Waals surface area contributed by atoms with Crippen LogP contribution in [0.1, 0.15) is 112 Å². The van der Waals surface area contributed by atoms with E-state index in [0.717, 1.165) is 41.9 Å². The van der Waals surface area contributed by atoms with E-state index in [2.05, 4.69) is 40.7 Å². The lowest BCUT2D eigenvalue weighted by Gasteiger charge is -2.59. The molecule has 4 aliphatic rings. The minimum atomic E-state index is 0.369.